The summed E-state index contributed by atoms with van der Waals surface area (Å²) in [5.41, 5.74) is 1.72. The molecule has 0 radical (unpaired) electrons. The van der Waals surface area contributed by atoms with Crippen LogP contribution in [-0.2, 0) is 11.3 Å². The van der Waals surface area contributed by atoms with Gasteiger partial charge in [-0.05, 0) is 59.7 Å². The lowest BCUT2D eigenvalue weighted by atomic mass is 9.89. The average molecular weight is 421 g/mol. The van der Waals surface area contributed by atoms with E-state index >= 15 is 0 Å². The normalized spacial score (nSPS) is 19.2. The van der Waals surface area contributed by atoms with Crippen molar-refractivity contribution in [3.8, 4) is 23.0 Å². The Balaban J connectivity index is 1.43. The third kappa shape index (κ3) is 3.63. The lowest BCUT2D eigenvalue weighted by Gasteiger charge is -2.46. The van der Waals surface area contributed by atoms with Gasteiger partial charge in [-0.15, -0.1) is 0 Å². The molecule has 0 aliphatic carbocycles. The van der Waals surface area contributed by atoms with E-state index in [0.29, 0.717) is 29.5 Å². The second-order valence-electron chi connectivity index (χ2n) is 7.36. The van der Waals surface area contributed by atoms with Gasteiger partial charge in [0.1, 0.15) is 23.4 Å². The molecular weight excluding hydrogens is 401 g/mol. The zero-order valence-electron chi connectivity index (χ0n) is 16.8. The predicted molar refractivity (Wildman–Crippen MR) is 110 cm³/mol. The van der Waals surface area contributed by atoms with Crippen LogP contribution in [0.2, 0.25) is 0 Å². The van der Waals surface area contributed by atoms with Gasteiger partial charge in [0.05, 0.1) is 7.11 Å². The molecule has 1 amide bonds. The molecule has 3 aromatic carbocycles. The molecule has 0 saturated carbocycles. The number of carbonyl (C=O) groups excluding carboxylic acids is 1. The van der Waals surface area contributed by atoms with Gasteiger partial charge in [0.2, 0.25) is 12.9 Å². The first-order valence-electron chi connectivity index (χ1n) is 9.87. The van der Waals surface area contributed by atoms with Crippen molar-refractivity contribution in [2.24, 2.45) is 0 Å². The monoisotopic (exact) mass is 421 g/mol. The standard InChI is InChI=1S/C24H20FNO5/c1-28-18-7-9-19(10-8-18)31-23-22(16-4-11-20-21(12-16)30-14-29-20)26(24(23)27)13-15-2-5-17(25)6-3-15/h2-12,22-23H,13-14H2,1H3/t22-,23-/m1/s1. The number of fused-ring (bicyclic) bond motifs is 1. The fourth-order valence-electron chi connectivity index (χ4n) is 3.85. The number of β-lactam (4-membered cyclic amide) rings is 1. The van der Waals surface area contributed by atoms with Gasteiger partial charge in [-0.25, -0.2) is 4.39 Å². The van der Waals surface area contributed by atoms with Crippen molar-refractivity contribution in [3.05, 3.63) is 83.7 Å². The fourth-order valence-corrected chi connectivity index (χ4v) is 3.85. The summed E-state index contributed by atoms with van der Waals surface area (Å²) in [6.07, 6.45) is -0.686. The minimum atomic E-state index is -0.686. The molecule has 0 N–H and O–H groups in total. The number of carbonyl (C=O) groups is 1. The second-order valence-corrected chi connectivity index (χ2v) is 7.36. The van der Waals surface area contributed by atoms with Crippen LogP contribution in [0.25, 0.3) is 0 Å². The summed E-state index contributed by atoms with van der Waals surface area (Å²) >= 11 is 0. The quantitative estimate of drug-likeness (QED) is 0.561. The summed E-state index contributed by atoms with van der Waals surface area (Å²) < 4.78 is 35.4. The molecule has 5 rings (SSSR count). The molecule has 2 heterocycles. The van der Waals surface area contributed by atoms with Crippen LogP contribution < -0.4 is 18.9 Å². The topological polar surface area (TPSA) is 57.2 Å². The van der Waals surface area contributed by atoms with Crippen LogP contribution in [0.15, 0.2) is 66.7 Å². The predicted octanol–water partition coefficient (Wildman–Crippen LogP) is 4.09. The van der Waals surface area contributed by atoms with Crippen LogP contribution in [-0.4, -0.2) is 30.8 Å². The Labute approximate surface area is 178 Å². The van der Waals surface area contributed by atoms with Gasteiger partial charge >= 0.3 is 0 Å². The van der Waals surface area contributed by atoms with Crippen molar-refractivity contribution in [1.82, 2.24) is 4.90 Å². The van der Waals surface area contributed by atoms with E-state index in [4.69, 9.17) is 18.9 Å². The second kappa shape index (κ2) is 7.83. The van der Waals surface area contributed by atoms with Gasteiger partial charge in [0.15, 0.2) is 11.5 Å². The summed E-state index contributed by atoms with van der Waals surface area (Å²) in [6, 6.07) is 18.5. The minimum absolute atomic E-state index is 0.136. The smallest absolute Gasteiger partial charge is 0.267 e. The largest absolute Gasteiger partial charge is 0.497 e. The number of rotatable bonds is 6. The Kier molecular flexibility index (Phi) is 4.86. The molecule has 2 aliphatic rings. The van der Waals surface area contributed by atoms with Gasteiger partial charge in [-0.1, -0.05) is 18.2 Å². The molecule has 0 bridgehead atoms. The van der Waals surface area contributed by atoms with Crippen LogP contribution in [0.4, 0.5) is 4.39 Å². The van der Waals surface area contributed by atoms with Crippen LogP contribution in [0, 0.1) is 5.82 Å². The number of hydrogen-bond acceptors (Lipinski definition) is 5. The molecule has 1 saturated heterocycles. The molecule has 2 atom stereocenters. The number of halogens is 1. The highest BCUT2D eigenvalue weighted by Gasteiger charge is 2.50. The molecule has 158 valence electrons. The van der Waals surface area contributed by atoms with Crippen LogP contribution in [0.1, 0.15) is 17.2 Å². The van der Waals surface area contributed by atoms with E-state index in [9.17, 15) is 9.18 Å². The van der Waals surface area contributed by atoms with E-state index in [1.807, 2.05) is 18.2 Å². The van der Waals surface area contributed by atoms with Crippen molar-refractivity contribution in [2.45, 2.75) is 18.7 Å². The van der Waals surface area contributed by atoms with E-state index in [-0.39, 0.29) is 24.6 Å². The molecule has 31 heavy (non-hydrogen) atoms. The Hall–Kier alpha value is -3.74. The van der Waals surface area contributed by atoms with Crippen molar-refractivity contribution < 1.29 is 28.1 Å². The number of likely N-dealkylation sites (tertiary alicyclic amines) is 1. The van der Waals surface area contributed by atoms with Gasteiger partial charge in [-0.3, -0.25) is 4.79 Å². The van der Waals surface area contributed by atoms with E-state index < -0.39 is 6.10 Å². The Bertz CT molecular complexity index is 1100. The lowest BCUT2D eigenvalue weighted by Crippen LogP contribution is -2.60. The van der Waals surface area contributed by atoms with Crippen molar-refractivity contribution in [3.63, 3.8) is 0 Å². The zero-order chi connectivity index (χ0) is 21.4. The highest BCUT2D eigenvalue weighted by atomic mass is 19.1. The summed E-state index contributed by atoms with van der Waals surface area (Å²) in [7, 11) is 1.59. The molecule has 0 aromatic heterocycles. The third-order valence-corrected chi connectivity index (χ3v) is 5.48. The van der Waals surface area contributed by atoms with Crippen molar-refractivity contribution >= 4 is 5.91 Å². The Morgan fingerprint density at radius 3 is 2.42 bits per heavy atom. The maximum Gasteiger partial charge on any atom is 0.267 e. The molecule has 6 nitrogen and oxygen atoms in total. The van der Waals surface area contributed by atoms with Gasteiger partial charge < -0.3 is 23.8 Å². The molecule has 7 heteroatoms. The van der Waals surface area contributed by atoms with Crippen LogP contribution in [0.5, 0.6) is 23.0 Å². The first-order chi connectivity index (χ1) is 15.1. The summed E-state index contributed by atoms with van der Waals surface area (Å²) in [5.74, 6) is 2.15. The molecule has 0 spiro atoms. The first-order valence-corrected chi connectivity index (χ1v) is 9.87. The summed E-state index contributed by atoms with van der Waals surface area (Å²) in [4.78, 5) is 14.7. The van der Waals surface area contributed by atoms with Crippen molar-refractivity contribution in [2.75, 3.05) is 13.9 Å². The highest BCUT2D eigenvalue weighted by molar-refractivity contribution is 5.89. The third-order valence-electron chi connectivity index (χ3n) is 5.48. The molecular formula is C24H20FNO5. The molecule has 0 unspecified atom stereocenters. The average Bonchev–Trinajstić information content (AvgIpc) is 3.27. The fraction of sp³-hybridized carbons (Fsp3) is 0.208. The van der Waals surface area contributed by atoms with E-state index in [1.165, 1.54) is 12.1 Å². The molecule has 3 aromatic rings. The van der Waals surface area contributed by atoms with E-state index in [1.54, 1.807) is 48.4 Å². The summed E-state index contributed by atoms with van der Waals surface area (Å²) in [5, 5.41) is 0. The maximum atomic E-state index is 13.3. The van der Waals surface area contributed by atoms with Crippen molar-refractivity contribution in [1.29, 1.82) is 0 Å². The number of amides is 1. The van der Waals surface area contributed by atoms with E-state index in [2.05, 4.69) is 0 Å². The summed E-state index contributed by atoms with van der Waals surface area (Å²) in [6.45, 7) is 0.522. The first kappa shape index (κ1) is 19.2. The molecule has 1 fully saturated rings. The maximum absolute atomic E-state index is 13.3. The number of hydrogen-bond donors (Lipinski definition) is 0. The number of nitrogens with zero attached hydrogens (tertiary/aromatic N) is 1. The zero-order valence-corrected chi connectivity index (χ0v) is 16.8. The lowest BCUT2D eigenvalue weighted by molar-refractivity contribution is -0.165. The Morgan fingerprint density at radius 1 is 0.968 bits per heavy atom. The highest BCUT2D eigenvalue weighted by Crippen LogP contribution is 2.42. The Morgan fingerprint density at radius 2 is 1.68 bits per heavy atom. The molecule has 2 aliphatic heterocycles. The van der Waals surface area contributed by atoms with E-state index in [0.717, 1.165) is 11.1 Å². The van der Waals surface area contributed by atoms with Gasteiger partial charge in [0, 0.05) is 6.54 Å². The van der Waals surface area contributed by atoms with Gasteiger partial charge in [-0.2, -0.15) is 0 Å². The number of methoxy groups -OCH3 is 1. The number of ether oxygens (including phenoxy) is 4. The SMILES string of the molecule is COc1ccc(O[C@H]2C(=O)N(Cc3ccc(F)cc3)[C@@H]2c2ccc3c(c2)OCO3)cc1. The minimum Gasteiger partial charge on any atom is -0.497 e. The van der Waals surface area contributed by atoms with Crippen LogP contribution in [0.3, 0.4) is 0 Å². The van der Waals surface area contributed by atoms with Gasteiger partial charge in [0.25, 0.3) is 5.91 Å². The van der Waals surface area contributed by atoms with Crippen LogP contribution >= 0.6 is 0 Å². The number of benzene rings is 3.